The van der Waals surface area contributed by atoms with Gasteiger partial charge in [0.1, 0.15) is 0 Å². The quantitative estimate of drug-likeness (QED) is 0.735. The Morgan fingerprint density at radius 3 is 2.71 bits per heavy atom. The van der Waals surface area contributed by atoms with Gasteiger partial charge in [-0.05, 0) is 29.2 Å². The van der Waals surface area contributed by atoms with Crippen LogP contribution in [0.2, 0.25) is 0 Å². The Bertz CT molecular complexity index is 1070. The molecule has 0 spiro atoms. The largest absolute Gasteiger partial charge is 0.332 e. The molecule has 5 rings (SSSR count). The smallest absolute Gasteiger partial charge is 0.230 e. The van der Waals surface area contributed by atoms with Gasteiger partial charge in [0.2, 0.25) is 11.8 Å². The van der Waals surface area contributed by atoms with Crippen LogP contribution in [0.1, 0.15) is 36.1 Å². The van der Waals surface area contributed by atoms with Crippen LogP contribution in [0.4, 0.5) is 5.82 Å². The number of benzene rings is 2. The van der Waals surface area contributed by atoms with Crippen molar-refractivity contribution in [2.24, 2.45) is 5.92 Å². The van der Waals surface area contributed by atoms with Crippen LogP contribution in [0.5, 0.6) is 0 Å². The first-order valence-corrected chi connectivity index (χ1v) is 9.80. The molecule has 0 radical (unpaired) electrons. The van der Waals surface area contributed by atoms with E-state index >= 15 is 0 Å². The third-order valence-electron chi connectivity index (χ3n) is 5.85. The number of nitrogens with one attached hydrogen (secondary N) is 2. The topological polar surface area (TPSA) is 78.1 Å². The molecule has 6 heteroatoms. The van der Waals surface area contributed by atoms with Gasteiger partial charge in [-0.2, -0.15) is 5.10 Å². The molecule has 0 saturated heterocycles. The van der Waals surface area contributed by atoms with Crippen molar-refractivity contribution < 1.29 is 9.59 Å². The lowest BCUT2D eigenvalue weighted by molar-refractivity contribution is -0.138. The van der Waals surface area contributed by atoms with E-state index < -0.39 is 0 Å². The van der Waals surface area contributed by atoms with E-state index in [4.69, 9.17) is 0 Å². The predicted octanol–water partition coefficient (Wildman–Crippen LogP) is 3.39. The summed E-state index contributed by atoms with van der Waals surface area (Å²) < 4.78 is 0. The highest BCUT2D eigenvalue weighted by Gasteiger charge is 2.34. The first-order valence-electron chi connectivity index (χ1n) is 9.80. The van der Waals surface area contributed by atoms with E-state index in [1.807, 2.05) is 41.3 Å². The summed E-state index contributed by atoms with van der Waals surface area (Å²) in [5.74, 6) is 0.852. The molecular formula is C22H22N4O2. The van der Waals surface area contributed by atoms with Crippen LogP contribution >= 0.6 is 0 Å². The van der Waals surface area contributed by atoms with Crippen molar-refractivity contribution in [1.29, 1.82) is 0 Å². The second-order valence-electron chi connectivity index (χ2n) is 7.76. The molecule has 2 aromatic carbocycles. The molecule has 1 saturated carbocycles. The van der Waals surface area contributed by atoms with Crippen molar-refractivity contribution in [3.05, 3.63) is 59.3 Å². The summed E-state index contributed by atoms with van der Waals surface area (Å²) in [4.78, 5) is 26.9. The summed E-state index contributed by atoms with van der Waals surface area (Å²) in [6.07, 6.45) is 3.43. The minimum absolute atomic E-state index is 0.103. The number of H-pyrrole nitrogens is 1. The van der Waals surface area contributed by atoms with Gasteiger partial charge in [0.15, 0.2) is 5.82 Å². The van der Waals surface area contributed by atoms with Crippen LogP contribution < -0.4 is 5.32 Å². The second kappa shape index (κ2) is 6.78. The van der Waals surface area contributed by atoms with Crippen molar-refractivity contribution in [2.45, 2.75) is 38.8 Å². The number of hydrogen-bond donors (Lipinski definition) is 2. The molecule has 2 amide bonds. The molecule has 2 heterocycles. The molecule has 0 atom stereocenters. The minimum atomic E-state index is -0.103. The Kier molecular flexibility index (Phi) is 4.11. The molecule has 28 heavy (non-hydrogen) atoms. The fourth-order valence-corrected chi connectivity index (χ4v) is 4.02. The fraction of sp³-hybridized carbons (Fsp3) is 0.318. The van der Waals surface area contributed by atoms with Gasteiger partial charge in [-0.25, -0.2) is 0 Å². The molecular weight excluding hydrogens is 352 g/mol. The number of carbonyl (C=O) groups is 2. The molecule has 2 aliphatic rings. The SMILES string of the molecule is O=C(Cc1ccc2ccccc2c1)Nc1n[nH]c2c1CN(C(=O)C1CCC1)C2. The number of fused-ring (bicyclic) bond motifs is 2. The van der Waals surface area contributed by atoms with E-state index in [2.05, 4.69) is 21.6 Å². The van der Waals surface area contributed by atoms with E-state index in [0.29, 0.717) is 18.9 Å². The molecule has 142 valence electrons. The highest BCUT2D eigenvalue weighted by molar-refractivity contribution is 5.93. The summed E-state index contributed by atoms with van der Waals surface area (Å²) in [5.41, 5.74) is 2.82. The van der Waals surface area contributed by atoms with Crippen LogP contribution in [0.25, 0.3) is 10.8 Å². The second-order valence-corrected chi connectivity index (χ2v) is 7.76. The maximum Gasteiger partial charge on any atom is 0.230 e. The van der Waals surface area contributed by atoms with Crippen LogP contribution in [0.3, 0.4) is 0 Å². The first-order chi connectivity index (χ1) is 13.7. The number of carbonyl (C=O) groups excluding carboxylic acids is 2. The number of hydrogen-bond acceptors (Lipinski definition) is 3. The first kappa shape index (κ1) is 17.0. The van der Waals surface area contributed by atoms with Gasteiger partial charge in [-0.1, -0.05) is 48.9 Å². The van der Waals surface area contributed by atoms with Gasteiger partial charge < -0.3 is 10.2 Å². The van der Waals surface area contributed by atoms with E-state index in [1.165, 1.54) is 0 Å². The van der Waals surface area contributed by atoms with Crippen molar-refractivity contribution in [3.8, 4) is 0 Å². The molecule has 0 bridgehead atoms. The van der Waals surface area contributed by atoms with Gasteiger partial charge in [0.25, 0.3) is 0 Å². The van der Waals surface area contributed by atoms with Crippen LogP contribution in [0.15, 0.2) is 42.5 Å². The molecule has 0 unspecified atom stereocenters. The van der Waals surface area contributed by atoms with Crippen LogP contribution in [-0.2, 0) is 29.1 Å². The molecule has 1 aliphatic carbocycles. The highest BCUT2D eigenvalue weighted by atomic mass is 16.2. The summed E-state index contributed by atoms with van der Waals surface area (Å²) >= 11 is 0. The number of aromatic amines is 1. The van der Waals surface area contributed by atoms with Crippen molar-refractivity contribution in [2.75, 3.05) is 5.32 Å². The average molecular weight is 374 g/mol. The van der Waals surface area contributed by atoms with Gasteiger partial charge in [0, 0.05) is 11.5 Å². The Morgan fingerprint density at radius 1 is 1.11 bits per heavy atom. The number of rotatable bonds is 4. The van der Waals surface area contributed by atoms with Gasteiger partial charge in [0.05, 0.1) is 25.2 Å². The van der Waals surface area contributed by atoms with Crippen molar-refractivity contribution in [3.63, 3.8) is 0 Å². The molecule has 6 nitrogen and oxygen atoms in total. The number of aromatic nitrogens is 2. The van der Waals surface area contributed by atoms with Crippen molar-refractivity contribution in [1.82, 2.24) is 15.1 Å². The lowest BCUT2D eigenvalue weighted by Crippen LogP contribution is -2.35. The minimum Gasteiger partial charge on any atom is -0.332 e. The monoisotopic (exact) mass is 374 g/mol. The summed E-state index contributed by atoms with van der Waals surface area (Å²) in [5, 5.41) is 12.4. The van der Waals surface area contributed by atoms with E-state index in [-0.39, 0.29) is 24.2 Å². The molecule has 3 aromatic rings. The van der Waals surface area contributed by atoms with E-state index in [1.54, 1.807) is 0 Å². The lowest BCUT2D eigenvalue weighted by atomic mass is 9.84. The maximum absolute atomic E-state index is 12.5. The molecule has 1 fully saturated rings. The Labute approximate surface area is 162 Å². The third kappa shape index (κ3) is 3.05. The zero-order chi connectivity index (χ0) is 19.1. The van der Waals surface area contributed by atoms with E-state index in [0.717, 1.165) is 46.9 Å². The maximum atomic E-state index is 12.5. The van der Waals surface area contributed by atoms with Crippen LogP contribution in [-0.4, -0.2) is 26.9 Å². The normalized spacial score (nSPS) is 16.1. The Morgan fingerprint density at radius 2 is 1.93 bits per heavy atom. The van der Waals surface area contributed by atoms with Gasteiger partial charge >= 0.3 is 0 Å². The van der Waals surface area contributed by atoms with Crippen LogP contribution in [0, 0.1) is 5.92 Å². The van der Waals surface area contributed by atoms with Gasteiger partial charge in [-0.15, -0.1) is 0 Å². The number of amides is 2. The zero-order valence-electron chi connectivity index (χ0n) is 15.6. The highest BCUT2D eigenvalue weighted by Crippen LogP contribution is 2.33. The average Bonchev–Trinajstić information content (AvgIpc) is 3.22. The summed E-state index contributed by atoms with van der Waals surface area (Å²) in [6, 6.07) is 14.2. The summed E-state index contributed by atoms with van der Waals surface area (Å²) in [6.45, 7) is 1.07. The van der Waals surface area contributed by atoms with Crippen molar-refractivity contribution >= 4 is 28.4 Å². The lowest BCUT2D eigenvalue weighted by Gasteiger charge is -2.28. The standard InChI is InChI=1S/C22H22N4O2/c27-20(11-14-8-9-15-4-1-2-5-17(15)10-14)23-21-18-12-26(13-19(18)24-25-21)22(28)16-6-3-7-16/h1-2,4-5,8-10,16H,3,6-7,11-13H2,(H2,23,24,25,27). The van der Waals surface area contributed by atoms with Gasteiger partial charge in [-0.3, -0.25) is 14.7 Å². The zero-order valence-corrected chi connectivity index (χ0v) is 15.6. The molecule has 2 N–H and O–H groups in total. The molecule has 1 aliphatic heterocycles. The predicted molar refractivity (Wildman–Crippen MR) is 106 cm³/mol. The summed E-state index contributed by atoms with van der Waals surface area (Å²) in [7, 11) is 0. The fourth-order valence-electron chi connectivity index (χ4n) is 4.02. The Balaban J connectivity index is 1.26. The molecule has 1 aromatic heterocycles. The third-order valence-corrected chi connectivity index (χ3v) is 5.85. The number of anilines is 1. The van der Waals surface area contributed by atoms with E-state index in [9.17, 15) is 9.59 Å². The number of nitrogens with zero attached hydrogens (tertiary/aromatic N) is 2. The Hall–Kier alpha value is -3.15.